The molecular weight excluding hydrogens is 382 g/mol. The van der Waals surface area contributed by atoms with E-state index in [2.05, 4.69) is 25.2 Å². The molecular formula is C21H31N7O2. The summed E-state index contributed by atoms with van der Waals surface area (Å²) in [6, 6.07) is 7.47. The number of aliphatic imine (C=N–C) groups is 1. The lowest BCUT2D eigenvalue weighted by molar-refractivity contribution is 0.369. The highest BCUT2D eigenvalue weighted by Gasteiger charge is 2.21. The van der Waals surface area contributed by atoms with Crippen LogP contribution in [0.15, 0.2) is 34.1 Å². The number of aromatic nitrogens is 3. The van der Waals surface area contributed by atoms with Gasteiger partial charge in [0, 0.05) is 59.3 Å². The molecule has 1 saturated heterocycles. The predicted molar refractivity (Wildman–Crippen MR) is 117 cm³/mol. The molecule has 1 aromatic heterocycles. The number of para-hydroxylation sites is 2. The minimum absolute atomic E-state index is 0.0226. The maximum Gasteiger partial charge on any atom is 0.345 e. The molecule has 2 N–H and O–H groups in total. The van der Waals surface area contributed by atoms with Crippen molar-refractivity contribution in [3.8, 4) is 5.75 Å². The molecule has 30 heavy (non-hydrogen) atoms. The first-order valence-corrected chi connectivity index (χ1v) is 10.8. The molecule has 0 spiro atoms. The third-order valence-corrected chi connectivity index (χ3v) is 5.87. The van der Waals surface area contributed by atoms with Crippen molar-refractivity contribution in [1.82, 2.24) is 24.6 Å². The summed E-state index contributed by atoms with van der Waals surface area (Å²) in [4.78, 5) is 21.3. The number of anilines is 1. The van der Waals surface area contributed by atoms with Gasteiger partial charge in [-0.25, -0.2) is 9.48 Å². The number of guanidine groups is 1. The number of phenols is 1. The third-order valence-electron chi connectivity index (χ3n) is 5.87. The van der Waals surface area contributed by atoms with E-state index >= 15 is 0 Å². The van der Waals surface area contributed by atoms with E-state index in [0.29, 0.717) is 12.3 Å². The van der Waals surface area contributed by atoms with Crippen molar-refractivity contribution in [3.05, 3.63) is 40.6 Å². The average molecular weight is 414 g/mol. The second-order valence-corrected chi connectivity index (χ2v) is 7.82. The van der Waals surface area contributed by atoms with Gasteiger partial charge in [-0.3, -0.25) is 9.56 Å². The van der Waals surface area contributed by atoms with Crippen LogP contribution in [0.2, 0.25) is 0 Å². The first-order chi connectivity index (χ1) is 14.7. The molecule has 1 aromatic carbocycles. The SMILES string of the molecule is CN=C(NCCCn1nc2n(c1=O)CCCC2)N1CCN(c2ccccc2O)CC1. The minimum Gasteiger partial charge on any atom is -0.506 e. The van der Waals surface area contributed by atoms with E-state index in [1.165, 1.54) is 0 Å². The second-order valence-electron chi connectivity index (χ2n) is 7.82. The first kappa shape index (κ1) is 20.3. The lowest BCUT2D eigenvalue weighted by atomic mass is 10.2. The zero-order chi connectivity index (χ0) is 20.9. The van der Waals surface area contributed by atoms with Crippen LogP contribution in [0.25, 0.3) is 0 Å². The Balaban J connectivity index is 1.24. The summed E-state index contributed by atoms with van der Waals surface area (Å²) < 4.78 is 3.43. The predicted octanol–water partition coefficient (Wildman–Crippen LogP) is 0.874. The summed E-state index contributed by atoms with van der Waals surface area (Å²) in [5, 5.41) is 18.0. The Bertz CT molecular complexity index is 941. The van der Waals surface area contributed by atoms with E-state index in [0.717, 1.165) is 82.4 Å². The highest BCUT2D eigenvalue weighted by molar-refractivity contribution is 5.80. The normalized spacial score (nSPS) is 17.2. The van der Waals surface area contributed by atoms with Gasteiger partial charge in [0.05, 0.1) is 5.69 Å². The molecule has 2 aliphatic heterocycles. The van der Waals surface area contributed by atoms with Crippen LogP contribution in [0.5, 0.6) is 5.75 Å². The molecule has 162 valence electrons. The molecule has 0 bridgehead atoms. The van der Waals surface area contributed by atoms with Crippen molar-refractivity contribution in [2.24, 2.45) is 4.99 Å². The molecule has 0 unspecified atom stereocenters. The zero-order valence-corrected chi connectivity index (χ0v) is 17.6. The van der Waals surface area contributed by atoms with Crippen LogP contribution in [-0.2, 0) is 19.5 Å². The Morgan fingerprint density at radius 3 is 2.70 bits per heavy atom. The molecule has 4 rings (SSSR count). The smallest absolute Gasteiger partial charge is 0.345 e. The Labute approximate surface area is 176 Å². The number of hydrogen-bond acceptors (Lipinski definition) is 5. The summed E-state index contributed by atoms with van der Waals surface area (Å²) in [6.45, 7) is 5.47. The standard InChI is InChI=1S/C21H31N7O2/c1-22-20(26-15-13-25(14-16-26)17-7-2-3-8-18(17)29)23-10-6-12-28-21(30)27-11-5-4-9-19(27)24-28/h2-3,7-8,29H,4-6,9-16H2,1H3,(H,22,23). The number of aromatic hydroxyl groups is 1. The van der Waals surface area contributed by atoms with Crippen molar-refractivity contribution in [2.75, 3.05) is 44.7 Å². The monoisotopic (exact) mass is 413 g/mol. The molecule has 9 heteroatoms. The number of aryl methyl sites for hydroxylation is 2. The Morgan fingerprint density at radius 1 is 1.17 bits per heavy atom. The number of nitrogens with zero attached hydrogens (tertiary/aromatic N) is 6. The summed E-state index contributed by atoms with van der Waals surface area (Å²) in [5.74, 6) is 2.13. The van der Waals surface area contributed by atoms with Crippen molar-refractivity contribution in [3.63, 3.8) is 0 Å². The maximum absolute atomic E-state index is 12.4. The number of rotatable bonds is 5. The topological polar surface area (TPSA) is 90.9 Å². The average Bonchev–Trinajstić information content (AvgIpc) is 3.10. The van der Waals surface area contributed by atoms with Gasteiger partial charge in [0.15, 0.2) is 5.96 Å². The molecule has 0 radical (unpaired) electrons. The van der Waals surface area contributed by atoms with E-state index in [-0.39, 0.29) is 5.69 Å². The van der Waals surface area contributed by atoms with Crippen LogP contribution in [-0.4, -0.2) is 70.1 Å². The molecule has 2 aromatic rings. The Morgan fingerprint density at radius 2 is 1.97 bits per heavy atom. The van der Waals surface area contributed by atoms with E-state index in [4.69, 9.17) is 0 Å². The van der Waals surface area contributed by atoms with Gasteiger partial charge in [0.1, 0.15) is 11.6 Å². The fourth-order valence-electron chi connectivity index (χ4n) is 4.25. The molecule has 0 aliphatic carbocycles. The number of hydrogen-bond donors (Lipinski definition) is 2. The highest BCUT2D eigenvalue weighted by Crippen LogP contribution is 2.27. The number of nitrogens with one attached hydrogen (secondary N) is 1. The summed E-state index contributed by atoms with van der Waals surface area (Å²) in [5.41, 5.74) is 0.905. The van der Waals surface area contributed by atoms with E-state index in [9.17, 15) is 9.90 Å². The Kier molecular flexibility index (Phi) is 6.25. The van der Waals surface area contributed by atoms with Gasteiger partial charge < -0.3 is 20.2 Å². The highest BCUT2D eigenvalue weighted by atomic mass is 16.3. The lowest BCUT2D eigenvalue weighted by Crippen LogP contribution is -2.52. The third kappa shape index (κ3) is 4.29. The van der Waals surface area contributed by atoms with Gasteiger partial charge in [-0.1, -0.05) is 12.1 Å². The zero-order valence-electron chi connectivity index (χ0n) is 17.6. The second kappa shape index (κ2) is 9.23. The molecule has 0 saturated carbocycles. The summed E-state index contributed by atoms with van der Waals surface area (Å²) in [6.07, 6.45) is 3.90. The van der Waals surface area contributed by atoms with Gasteiger partial charge in [-0.2, -0.15) is 5.10 Å². The molecule has 3 heterocycles. The number of benzene rings is 1. The fraction of sp³-hybridized carbons (Fsp3) is 0.571. The van der Waals surface area contributed by atoms with Gasteiger partial charge in [0.25, 0.3) is 0 Å². The summed E-state index contributed by atoms with van der Waals surface area (Å²) >= 11 is 0. The molecule has 9 nitrogen and oxygen atoms in total. The molecule has 0 atom stereocenters. The van der Waals surface area contributed by atoms with E-state index < -0.39 is 0 Å². The van der Waals surface area contributed by atoms with E-state index in [1.807, 2.05) is 22.8 Å². The molecule has 0 amide bonds. The van der Waals surface area contributed by atoms with Gasteiger partial charge >= 0.3 is 5.69 Å². The van der Waals surface area contributed by atoms with E-state index in [1.54, 1.807) is 17.8 Å². The lowest BCUT2D eigenvalue weighted by Gasteiger charge is -2.37. The van der Waals surface area contributed by atoms with Crippen molar-refractivity contribution < 1.29 is 5.11 Å². The van der Waals surface area contributed by atoms with Crippen LogP contribution in [0.1, 0.15) is 25.1 Å². The fourth-order valence-corrected chi connectivity index (χ4v) is 4.25. The first-order valence-electron chi connectivity index (χ1n) is 10.8. The van der Waals surface area contributed by atoms with Gasteiger partial charge in [-0.05, 0) is 31.4 Å². The number of piperazine rings is 1. The quantitative estimate of drug-likeness (QED) is 0.430. The Hall–Kier alpha value is -2.97. The number of phenolic OH excluding ortho intramolecular Hbond substituents is 1. The van der Waals surface area contributed by atoms with Crippen LogP contribution < -0.4 is 15.9 Å². The van der Waals surface area contributed by atoms with Crippen molar-refractivity contribution >= 4 is 11.6 Å². The largest absolute Gasteiger partial charge is 0.506 e. The molecule has 1 fully saturated rings. The van der Waals surface area contributed by atoms with Gasteiger partial charge in [-0.15, -0.1) is 0 Å². The minimum atomic E-state index is 0.0226. The van der Waals surface area contributed by atoms with Crippen LogP contribution >= 0.6 is 0 Å². The maximum atomic E-state index is 12.4. The van der Waals surface area contributed by atoms with Gasteiger partial charge in [0.2, 0.25) is 0 Å². The molecule has 2 aliphatic rings. The van der Waals surface area contributed by atoms with Crippen LogP contribution in [0.3, 0.4) is 0 Å². The summed E-state index contributed by atoms with van der Waals surface area (Å²) in [7, 11) is 1.80. The van der Waals surface area contributed by atoms with Crippen molar-refractivity contribution in [1.29, 1.82) is 0 Å². The van der Waals surface area contributed by atoms with Crippen LogP contribution in [0.4, 0.5) is 5.69 Å². The van der Waals surface area contributed by atoms with Crippen LogP contribution in [0, 0.1) is 0 Å². The number of fused-ring (bicyclic) bond motifs is 1. The van der Waals surface area contributed by atoms with Crippen molar-refractivity contribution in [2.45, 2.75) is 38.8 Å².